The number of halogens is 1. The van der Waals surface area contributed by atoms with Crippen LogP contribution in [0.4, 0.5) is 4.39 Å². The summed E-state index contributed by atoms with van der Waals surface area (Å²) in [5, 5.41) is 5.16. The fourth-order valence-electron chi connectivity index (χ4n) is 5.70. The predicted octanol–water partition coefficient (Wildman–Crippen LogP) is 5.30. The average molecular weight is 497 g/mol. The summed E-state index contributed by atoms with van der Waals surface area (Å²) in [4.78, 5) is 20.7. The van der Waals surface area contributed by atoms with Crippen LogP contribution in [0.25, 0.3) is 11.0 Å². The third-order valence-corrected chi connectivity index (χ3v) is 7.82. The Morgan fingerprint density at radius 2 is 2.00 bits per heavy atom. The second-order valence-corrected chi connectivity index (χ2v) is 10.3. The van der Waals surface area contributed by atoms with E-state index in [0.29, 0.717) is 17.9 Å². The van der Waals surface area contributed by atoms with Crippen LogP contribution in [0.3, 0.4) is 0 Å². The summed E-state index contributed by atoms with van der Waals surface area (Å²) in [5.41, 5.74) is 3.22. The zero-order valence-corrected chi connectivity index (χ0v) is 21.5. The molecule has 1 unspecified atom stereocenters. The number of unbranched alkanes of at least 4 members (excludes halogenated alkanes) is 2. The number of hydrogen-bond acceptors (Lipinski definition) is 6. The van der Waals surface area contributed by atoms with Crippen LogP contribution in [0.5, 0.6) is 0 Å². The van der Waals surface area contributed by atoms with Gasteiger partial charge in [-0.25, -0.2) is 9.37 Å². The van der Waals surface area contributed by atoms with E-state index >= 15 is 0 Å². The van der Waals surface area contributed by atoms with Gasteiger partial charge in [-0.15, -0.1) is 0 Å². The summed E-state index contributed by atoms with van der Waals surface area (Å²) in [6.07, 6.45) is 7.84. The number of fused-ring (bicyclic) bond motifs is 2. The van der Waals surface area contributed by atoms with E-state index in [1.165, 1.54) is 18.6 Å². The molecule has 0 spiro atoms. The van der Waals surface area contributed by atoms with Crippen LogP contribution in [0.15, 0.2) is 27.5 Å². The number of aromatic nitrogens is 3. The lowest BCUT2D eigenvalue weighted by atomic mass is 9.91. The Kier molecular flexibility index (Phi) is 7.82. The van der Waals surface area contributed by atoms with Gasteiger partial charge in [-0.05, 0) is 70.7 Å². The van der Waals surface area contributed by atoms with E-state index in [1.807, 2.05) is 11.5 Å². The van der Waals surface area contributed by atoms with E-state index < -0.39 is 0 Å². The molecule has 2 aromatic heterocycles. The van der Waals surface area contributed by atoms with Crippen LogP contribution in [0, 0.1) is 12.7 Å². The van der Waals surface area contributed by atoms with Crippen molar-refractivity contribution in [2.75, 3.05) is 26.2 Å². The average Bonchev–Trinajstić information content (AvgIpc) is 3.30. The van der Waals surface area contributed by atoms with E-state index in [9.17, 15) is 9.18 Å². The maximum Gasteiger partial charge on any atom is 0.257 e. The highest BCUT2D eigenvalue weighted by atomic mass is 19.1. The largest absolute Gasteiger partial charge is 0.370 e. The lowest BCUT2D eigenvalue weighted by Gasteiger charge is -2.31. The number of ether oxygens (including phenoxy) is 1. The maximum atomic E-state index is 13.5. The second kappa shape index (κ2) is 11.2. The third-order valence-electron chi connectivity index (χ3n) is 7.82. The van der Waals surface area contributed by atoms with Crippen molar-refractivity contribution in [2.45, 2.75) is 83.8 Å². The van der Waals surface area contributed by atoms with Crippen LogP contribution in [-0.4, -0.2) is 45.8 Å². The minimum Gasteiger partial charge on any atom is -0.370 e. The Morgan fingerprint density at radius 1 is 1.17 bits per heavy atom. The van der Waals surface area contributed by atoms with Gasteiger partial charge in [-0.1, -0.05) is 24.9 Å². The first kappa shape index (κ1) is 25.1. The smallest absolute Gasteiger partial charge is 0.257 e. The van der Waals surface area contributed by atoms with Crippen molar-refractivity contribution in [3.05, 3.63) is 57.1 Å². The zero-order chi connectivity index (χ0) is 25.1. The molecule has 2 aliphatic rings. The molecule has 0 bridgehead atoms. The van der Waals surface area contributed by atoms with Gasteiger partial charge in [0, 0.05) is 48.3 Å². The summed E-state index contributed by atoms with van der Waals surface area (Å²) < 4.78 is 26.8. The predicted molar refractivity (Wildman–Crippen MR) is 137 cm³/mol. The summed E-state index contributed by atoms with van der Waals surface area (Å²) >= 11 is 0. The monoisotopic (exact) mass is 496 g/mol. The topological polar surface area (TPSA) is 73.4 Å². The summed E-state index contributed by atoms with van der Waals surface area (Å²) in [7, 11) is 0. The molecule has 36 heavy (non-hydrogen) atoms. The van der Waals surface area contributed by atoms with Crippen molar-refractivity contribution in [3.63, 3.8) is 0 Å². The molecule has 194 valence electrons. The molecule has 0 radical (unpaired) electrons. The Labute approximate surface area is 211 Å². The first-order chi connectivity index (χ1) is 17.5. The molecule has 1 fully saturated rings. The minimum absolute atomic E-state index is 0.0702. The molecule has 7 nitrogen and oxygen atoms in total. The lowest BCUT2D eigenvalue weighted by molar-refractivity contribution is 0.0240. The molecule has 0 aliphatic carbocycles. The molecule has 4 heterocycles. The van der Waals surface area contributed by atoms with E-state index in [-0.39, 0.29) is 17.5 Å². The van der Waals surface area contributed by atoms with E-state index in [1.54, 1.807) is 6.07 Å². The van der Waals surface area contributed by atoms with Gasteiger partial charge in [-0.3, -0.25) is 9.36 Å². The van der Waals surface area contributed by atoms with Crippen molar-refractivity contribution < 1.29 is 13.7 Å². The van der Waals surface area contributed by atoms with Gasteiger partial charge in [-0.2, -0.15) is 0 Å². The highest BCUT2D eigenvalue weighted by Crippen LogP contribution is 2.33. The molecule has 3 aromatic rings. The molecule has 1 saturated heterocycles. The number of likely N-dealkylation sites (tertiary alicyclic amines) is 1. The summed E-state index contributed by atoms with van der Waals surface area (Å²) in [5.74, 6) is 0.808. The molecular formula is C28H37FN4O3. The van der Waals surface area contributed by atoms with Gasteiger partial charge in [0.1, 0.15) is 17.7 Å². The number of piperidine rings is 1. The Morgan fingerprint density at radius 3 is 2.81 bits per heavy atom. The quantitative estimate of drug-likeness (QED) is 0.375. The van der Waals surface area contributed by atoms with Gasteiger partial charge in [0.2, 0.25) is 0 Å². The highest BCUT2D eigenvalue weighted by molar-refractivity contribution is 5.79. The standard InChI is InChI=1S/C28H37FN4O3/c1-3-4-5-17-35-24-7-6-13-33-27(24)30-19(2)22(28(33)34)12-16-32-14-10-20(11-15-32)26-23-9-8-21(29)18-25(23)36-31-26/h8-9,18,20,24H,3-7,10-17H2,1-2H3. The van der Waals surface area contributed by atoms with Crippen LogP contribution in [0.2, 0.25) is 0 Å². The highest BCUT2D eigenvalue weighted by Gasteiger charge is 2.28. The first-order valence-corrected chi connectivity index (χ1v) is 13.5. The molecular weight excluding hydrogens is 459 g/mol. The van der Waals surface area contributed by atoms with Gasteiger partial charge in [0.25, 0.3) is 5.56 Å². The number of benzene rings is 1. The molecule has 1 atom stereocenters. The minimum atomic E-state index is -0.307. The van der Waals surface area contributed by atoms with Crippen molar-refractivity contribution in [3.8, 4) is 0 Å². The normalized spacial score (nSPS) is 19.1. The van der Waals surface area contributed by atoms with E-state index in [0.717, 1.165) is 99.5 Å². The molecule has 8 heteroatoms. The third kappa shape index (κ3) is 5.25. The van der Waals surface area contributed by atoms with Crippen LogP contribution in [0.1, 0.15) is 86.7 Å². The lowest BCUT2D eigenvalue weighted by Crippen LogP contribution is -2.38. The molecule has 0 amide bonds. The van der Waals surface area contributed by atoms with Crippen molar-refractivity contribution >= 4 is 11.0 Å². The second-order valence-electron chi connectivity index (χ2n) is 10.3. The van der Waals surface area contributed by atoms with Crippen molar-refractivity contribution in [1.29, 1.82) is 0 Å². The van der Waals surface area contributed by atoms with Crippen molar-refractivity contribution in [1.82, 2.24) is 19.6 Å². The Hall–Kier alpha value is -2.58. The molecule has 5 rings (SSSR count). The zero-order valence-electron chi connectivity index (χ0n) is 21.5. The van der Waals surface area contributed by atoms with E-state index in [2.05, 4.69) is 17.0 Å². The summed E-state index contributed by atoms with van der Waals surface area (Å²) in [6.45, 7) is 8.32. The molecule has 2 aliphatic heterocycles. The maximum absolute atomic E-state index is 13.5. The van der Waals surface area contributed by atoms with Gasteiger partial charge in [0.05, 0.1) is 5.69 Å². The summed E-state index contributed by atoms with van der Waals surface area (Å²) in [6, 6.07) is 4.63. The van der Waals surface area contributed by atoms with E-state index in [4.69, 9.17) is 14.2 Å². The molecule has 0 N–H and O–H groups in total. The van der Waals surface area contributed by atoms with Crippen LogP contribution >= 0.6 is 0 Å². The number of nitrogens with zero attached hydrogens (tertiary/aromatic N) is 4. The van der Waals surface area contributed by atoms with Gasteiger partial charge in [0.15, 0.2) is 5.58 Å². The van der Waals surface area contributed by atoms with Gasteiger partial charge >= 0.3 is 0 Å². The number of rotatable bonds is 9. The SMILES string of the molecule is CCCCCOC1CCCn2c1nc(C)c(CCN1CCC(c3noc4cc(F)ccc34)CC1)c2=O. The fourth-order valence-corrected chi connectivity index (χ4v) is 5.70. The van der Waals surface area contributed by atoms with Crippen LogP contribution < -0.4 is 5.56 Å². The Bertz CT molecular complexity index is 1250. The van der Waals surface area contributed by atoms with Gasteiger partial charge < -0.3 is 14.2 Å². The Balaban J connectivity index is 1.20. The number of aryl methyl sites for hydroxylation is 1. The first-order valence-electron chi connectivity index (χ1n) is 13.5. The molecule has 0 saturated carbocycles. The number of hydrogen-bond donors (Lipinski definition) is 0. The van der Waals surface area contributed by atoms with Crippen LogP contribution in [-0.2, 0) is 17.7 Å². The molecule has 1 aromatic carbocycles. The fraction of sp³-hybridized carbons (Fsp3) is 0.607. The van der Waals surface area contributed by atoms with Crippen molar-refractivity contribution in [2.24, 2.45) is 0 Å².